The zero-order valence-corrected chi connectivity index (χ0v) is 13.8. The first-order valence-corrected chi connectivity index (χ1v) is 7.58. The van der Waals surface area contributed by atoms with Gasteiger partial charge < -0.3 is 9.84 Å². The third-order valence-electron chi connectivity index (χ3n) is 5.07. The zero-order valence-electron chi connectivity index (χ0n) is 13.8. The number of esters is 1. The lowest BCUT2D eigenvalue weighted by Gasteiger charge is -2.38. The summed E-state index contributed by atoms with van der Waals surface area (Å²) < 4.78 is 4.90. The Labute approximate surface area is 127 Å². The molecule has 0 spiro atoms. The van der Waals surface area contributed by atoms with Gasteiger partial charge in [-0.05, 0) is 58.3 Å². The van der Waals surface area contributed by atoms with Crippen LogP contribution in [-0.2, 0) is 9.53 Å². The summed E-state index contributed by atoms with van der Waals surface area (Å²) in [4.78, 5) is 12.3. The van der Waals surface area contributed by atoms with Crippen molar-refractivity contribution in [1.29, 1.82) is 5.26 Å². The molecule has 1 aliphatic carbocycles. The lowest BCUT2D eigenvalue weighted by atomic mass is 9.66. The number of hydrogen-bond donors (Lipinski definition) is 1. The number of carbonyl (C=O) groups is 1. The number of allylic oxidation sites excluding steroid dienone is 2. The quantitative estimate of drug-likeness (QED) is 0.480. The molecule has 0 bridgehead atoms. The van der Waals surface area contributed by atoms with E-state index in [1.54, 1.807) is 6.92 Å². The Morgan fingerprint density at radius 1 is 1.57 bits per heavy atom. The predicted octanol–water partition coefficient (Wildman–Crippen LogP) is 3.21. The van der Waals surface area contributed by atoms with Crippen molar-refractivity contribution in [3.63, 3.8) is 0 Å². The highest BCUT2D eigenvalue weighted by Gasteiger charge is 2.63. The lowest BCUT2D eigenvalue weighted by molar-refractivity contribution is -0.167. The molecule has 1 unspecified atom stereocenters. The van der Waals surface area contributed by atoms with E-state index >= 15 is 0 Å². The maximum atomic E-state index is 12.3. The molecular formula is C17H27NO3. The predicted molar refractivity (Wildman–Crippen MR) is 81.2 cm³/mol. The molecule has 0 aromatic carbocycles. The van der Waals surface area contributed by atoms with E-state index in [2.05, 4.69) is 26.8 Å². The standard InChI is InChI=1S/C17H27NO3/c1-12(2)7-6-8-13(3)14-9-10-17(20,11-18)16(14,4)15(19)21-5/h7,13-14,20H,6,8-10H2,1-5H3/t13-,14-,16-,17?/m1/s1. The molecule has 4 heteroatoms. The molecule has 0 aromatic heterocycles. The molecule has 118 valence electrons. The van der Waals surface area contributed by atoms with E-state index in [1.807, 2.05) is 6.07 Å². The highest BCUT2D eigenvalue weighted by molar-refractivity contribution is 5.79. The van der Waals surface area contributed by atoms with E-state index in [9.17, 15) is 15.2 Å². The van der Waals surface area contributed by atoms with Crippen molar-refractivity contribution >= 4 is 5.97 Å². The van der Waals surface area contributed by atoms with Crippen molar-refractivity contribution in [3.8, 4) is 6.07 Å². The summed E-state index contributed by atoms with van der Waals surface area (Å²) in [7, 11) is 1.31. The van der Waals surface area contributed by atoms with Crippen LogP contribution in [0.25, 0.3) is 0 Å². The van der Waals surface area contributed by atoms with Gasteiger partial charge in [0.1, 0.15) is 5.41 Å². The van der Waals surface area contributed by atoms with Gasteiger partial charge in [-0.1, -0.05) is 18.6 Å². The van der Waals surface area contributed by atoms with E-state index < -0.39 is 17.0 Å². The summed E-state index contributed by atoms with van der Waals surface area (Å²) in [5.41, 5.74) is -1.51. The summed E-state index contributed by atoms with van der Waals surface area (Å²) in [6, 6.07) is 1.95. The van der Waals surface area contributed by atoms with Gasteiger partial charge in [0.15, 0.2) is 5.60 Å². The Balaban J connectivity index is 2.98. The van der Waals surface area contributed by atoms with Gasteiger partial charge in [0, 0.05) is 0 Å². The molecule has 0 aliphatic heterocycles. The van der Waals surface area contributed by atoms with E-state index in [-0.39, 0.29) is 11.8 Å². The normalized spacial score (nSPS) is 33.1. The van der Waals surface area contributed by atoms with Crippen molar-refractivity contribution in [1.82, 2.24) is 0 Å². The van der Waals surface area contributed by atoms with Gasteiger partial charge in [-0.2, -0.15) is 5.26 Å². The van der Waals surface area contributed by atoms with Gasteiger partial charge in [-0.25, -0.2) is 0 Å². The van der Waals surface area contributed by atoms with Crippen LogP contribution < -0.4 is 0 Å². The number of hydrogen-bond acceptors (Lipinski definition) is 4. The van der Waals surface area contributed by atoms with Crippen molar-refractivity contribution in [2.45, 2.75) is 59.0 Å². The Bertz CT molecular complexity index is 461. The molecule has 4 nitrogen and oxygen atoms in total. The van der Waals surface area contributed by atoms with Crippen LogP contribution in [0.2, 0.25) is 0 Å². The van der Waals surface area contributed by atoms with Gasteiger partial charge in [0.25, 0.3) is 0 Å². The molecule has 1 N–H and O–H groups in total. The van der Waals surface area contributed by atoms with Gasteiger partial charge in [0.2, 0.25) is 0 Å². The number of carbonyl (C=O) groups excluding carboxylic acids is 1. The largest absolute Gasteiger partial charge is 0.468 e. The minimum Gasteiger partial charge on any atom is -0.468 e. The minimum atomic E-state index is -1.63. The number of rotatable bonds is 5. The second-order valence-electron chi connectivity index (χ2n) is 6.65. The van der Waals surface area contributed by atoms with Crippen LogP contribution in [0.1, 0.15) is 53.4 Å². The highest BCUT2D eigenvalue weighted by atomic mass is 16.5. The van der Waals surface area contributed by atoms with Crippen molar-refractivity contribution in [3.05, 3.63) is 11.6 Å². The van der Waals surface area contributed by atoms with Crippen LogP contribution in [0.3, 0.4) is 0 Å². The van der Waals surface area contributed by atoms with E-state index in [0.717, 1.165) is 12.8 Å². The first-order chi connectivity index (χ1) is 9.72. The average molecular weight is 293 g/mol. The Hall–Kier alpha value is -1.34. The number of nitrogens with zero attached hydrogens (tertiary/aromatic N) is 1. The van der Waals surface area contributed by atoms with Crippen LogP contribution in [0.15, 0.2) is 11.6 Å². The molecule has 1 aliphatic rings. The van der Waals surface area contributed by atoms with E-state index in [0.29, 0.717) is 12.8 Å². The van der Waals surface area contributed by atoms with Crippen LogP contribution in [0.5, 0.6) is 0 Å². The molecular weight excluding hydrogens is 266 g/mol. The Kier molecular flexibility index (Phi) is 5.58. The monoisotopic (exact) mass is 293 g/mol. The van der Waals surface area contributed by atoms with Crippen LogP contribution in [0, 0.1) is 28.6 Å². The van der Waals surface area contributed by atoms with Crippen LogP contribution >= 0.6 is 0 Å². The van der Waals surface area contributed by atoms with Gasteiger partial charge >= 0.3 is 5.97 Å². The number of aliphatic hydroxyl groups is 1. The fourth-order valence-corrected chi connectivity index (χ4v) is 3.61. The maximum absolute atomic E-state index is 12.3. The first-order valence-electron chi connectivity index (χ1n) is 7.58. The van der Waals surface area contributed by atoms with E-state index in [4.69, 9.17) is 4.74 Å². The topological polar surface area (TPSA) is 70.3 Å². The lowest BCUT2D eigenvalue weighted by Crippen LogP contribution is -2.51. The molecule has 0 aromatic rings. The Morgan fingerprint density at radius 2 is 2.19 bits per heavy atom. The SMILES string of the molecule is COC(=O)[C@@]1(C)[C@@H]([C@H](C)CCC=C(C)C)CCC1(O)C#N. The molecule has 1 saturated carbocycles. The van der Waals surface area contributed by atoms with Crippen LogP contribution in [-0.4, -0.2) is 23.8 Å². The maximum Gasteiger partial charge on any atom is 0.315 e. The molecule has 0 saturated heterocycles. The first kappa shape index (κ1) is 17.7. The summed E-state index contributed by atoms with van der Waals surface area (Å²) in [6.45, 7) is 7.89. The second kappa shape index (κ2) is 6.62. The summed E-state index contributed by atoms with van der Waals surface area (Å²) in [6.07, 6.45) is 5.06. The van der Waals surface area contributed by atoms with Crippen molar-refractivity contribution < 1.29 is 14.6 Å². The molecule has 1 rings (SSSR count). The number of methoxy groups -OCH3 is 1. The van der Waals surface area contributed by atoms with Gasteiger partial charge in [-0.15, -0.1) is 0 Å². The number of nitriles is 1. The minimum absolute atomic E-state index is 0.0415. The van der Waals surface area contributed by atoms with Crippen molar-refractivity contribution in [2.24, 2.45) is 17.3 Å². The van der Waals surface area contributed by atoms with E-state index in [1.165, 1.54) is 12.7 Å². The highest BCUT2D eigenvalue weighted by Crippen LogP contribution is 2.54. The molecule has 1 fully saturated rings. The Morgan fingerprint density at radius 3 is 2.67 bits per heavy atom. The molecule has 21 heavy (non-hydrogen) atoms. The third-order valence-corrected chi connectivity index (χ3v) is 5.07. The van der Waals surface area contributed by atoms with Gasteiger partial charge in [0.05, 0.1) is 13.2 Å². The fraction of sp³-hybridized carbons (Fsp3) is 0.765. The molecule has 4 atom stereocenters. The zero-order chi connectivity index (χ0) is 16.3. The smallest absolute Gasteiger partial charge is 0.315 e. The average Bonchev–Trinajstić information content (AvgIpc) is 2.71. The molecule has 0 heterocycles. The van der Waals surface area contributed by atoms with Gasteiger partial charge in [-0.3, -0.25) is 4.79 Å². The fourth-order valence-electron chi connectivity index (χ4n) is 3.61. The van der Waals surface area contributed by atoms with Crippen molar-refractivity contribution in [2.75, 3.05) is 7.11 Å². The third kappa shape index (κ3) is 3.13. The molecule has 0 amide bonds. The molecule has 0 radical (unpaired) electrons. The summed E-state index contributed by atoms with van der Waals surface area (Å²) >= 11 is 0. The van der Waals surface area contributed by atoms with Crippen LogP contribution in [0.4, 0.5) is 0 Å². The summed E-state index contributed by atoms with van der Waals surface area (Å²) in [5.74, 6) is -0.282. The number of ether oxygens (including phenoxy) is 1. The second-order valence-corrected chi connectivity index (χ2v) is 6.65. The summed E-state index contributed by atoms with van der Waals surface area (Å²) in [5, 5.41) is 19.9.